The normalized spacial score (nSPS) is 19.7. The molecule has 2 aromatic rings. The largest absolute Gasteiger partial charge is 0.389 e. The highest BCUT2D eigenvalue weighted by molar-refractivity contribution is 7.15. The number of hydrogen-bond donors (Lipinski definition) is 2. The molecule has 1 unspecified atom stereocenters. The van der Waals surface area contributed by atoms with Crippen molar-refractivity contribution < 1.29 is 9.90 Å². The van der Waals surface area contributed by atoms with E-state index in [9.17, 15) is 4.79 Å². The summed E-state index contributed by atoms with van der Waals surface area (Å²) < 4.78 is 0. The predicted octanol–water partition coefficient (Wildman–Crippen LogP) is -0.643. The van der Waals surface area contributed by atoms with E-state index in [0.29, 0.717) is 17.4 Å². The molecule has 0 aliphatic carbocycles. The summed E-state index contributed by atoms with van der Waals surface area (Å²) in [6.45, 7) is 7.25. The first-order valence-electron chi connectivity index (χ1n) is 7.59. The van der Waals surface area contributed by atoms with Crippen LogP contribution in [-0.4, -0.2) is 60.5 Å². The molecule has 11 heteroatoms. The lowest BCUT2D eigenvalue weighted by molar-refractivity contribution is -0.123. The molecule has 1 aliphatic rings. The molecule has 2 aromatic heterocycles. The van der Waals surface area contributed by atoms with Crippen molar-refractivity contribution in [2.45, 2.75) is 40.0 Å². The molecule has 1 aliphatic heterocycles. The van der Waals surface area contributed by atoms with E-state index >= 15 is 0 Å². The van der Waals surface area contributed by atoms with E-state index in [1.54, 1.807) is 6.92 Å². The highest BCUT2D eigenvalue weighted by Gasteiger charge is 2.41. The van der Waals surface area contributed by atoms with E-state index in [2.05, 4.69) is 49.7 Å². The van der Waals surface area contributed by atoms with Crippen molar-refractivity contribution in [2.24, 2.45) is 5.41 Å². The van der Waals surface area contributed by atoms with Crippen LogP contribution >= 0.6 is 11.3 Å². The van der Waals surface area contributed by atoms with Crippen molar-refractivity contribution >= 4 is 22.4 Å². The maximum atomic E-state index is 12.2. The Hall–Kier alpha value is -2.14. The zero-order chi connectivity index (χ0) is 17.3. The molecule has 0 aromatic carbocycles. The Bertz CT molecular complexity index is 727. The van der Waals surface area contributed by atoms with Crippen LogP contribution in [0, 0.1) is 12.3 Å². The molecule has 3 rings (SSSR count). The van der Waals surface area contributed by atoms with Crippen LogP contribution in [0.4, 0.5) is 5.13 Å². The zero-order valence-corrected chi connectivity index (χ0v) is 14.6. The van der Waals surface area contributed by atoms with Gasteiger partial charge in [0, 0.05) is 18.5 Å². The zero-order valence-electron chi connectivity index (χ0n) is 13.8. The van der Waals surface area contributed by atoms with E-state index in [4.69, 9.17) is 5.11 Å². The van der Waals surface area contributed by atoms with Crippen LogP contribution in [0.5, 0.6) is 0 Å². The molecule has 10 nitrogen and oxygen atoms in total. The Kier molecular flexibility index (Phi) is 4.45. The van der Waals surface area contributed by atoms with Crippen LogP contribution in [-0.2, 0) is 17.9 Å². The second-order valence-corrected chi connectivity index (χ2v) is 7.53. The van der Waals surface area contributed by atoms with E-state index in [-0.39, 0.29) is 30.5 Å². The van der Waals surface area contributed by atoms with Gasteiger partial charge < -0.3 is 15.3 Å². The lowest BCUT2D eigenvalue weighted by Gasteiger charge is -2.25. The number of aliphatic hydroxyl groups is 1. The summed E-state index contributed by atoms with van der Waals surface area (Å²) in [5, 5.41) is 33.1. The van der Waals surface area contributed by atoms with Crippen molar-refractivity contribution in [3.8, 4) is 0 Å². The minimum Gasteiger partial charge on any atom is -0.389 e. The van der Waals surface area contributed by atoms with Crippen molar-refractivity contribution in [3.63, 3.8) is 0 Å². The number of aliphatic hydroxyl groups excluding tert-OH is 1. The van der Waals surface area contributed by atoms with Gasteiger partial charge in [0.05, 0.1) is 12.6 Å². The summed E-state index contributed by atoms with van der Waals surface area (Å²) in [5.74, 6) is 0.381. The fourth-order valence-electron chi connectivity index (χ4n) is 2.72. The number of carbonyl (C=O) groups excluding carboxylic acids is 1. The lowest BCUT2D eigenvalue weighted by Crippen LogP contribution is -2.45. The van der Waals surface area contributed by atoms with Gasteiger partial charge in [0.1, 0.15) is 11.6 Å². The van der Waals surface area contributed by atoms with E-state index in [1.165, 1.54) is 16.1 Å². The van der Waals surface area contributed by atoms with Crippen LogP contribution in [0.3, 0.4) is 0 Å². The van der Waals surface area contributed by atoms with Crippen LogP contribution < -0.4 is 10.2 Å². The predicted molar refractivity (Wildman–Crippen MR) is 86.3 cm³/mol. The number of aromatic nitrogens is 6. The fourth-order valence-corrected chi connectivity index (χ4v) is 3.42. The first-order valence-corrected chi connectivity index (χ1v) is 8.41. The third-order valence-corrected chi connectivity index (χ3v) is 4.95. The van der Waals surface area contributed by atoms with Crippen molar-refractivity contribution in [2.75, 3.05) is 18.0 Å². The first-order chi connectivity index (χ1) is 11.4. The van der Waals surface area contributed by atoms with Gasteiger partial charge in [-0.15, -0.1) is 20.4 Å². The third kappa shape index (κ3) is 3.51. The number of tetrazole rings is 1. The number of rotatable bonds is 5. The molecule has 0 radical (unpaired) electrons. The van der Waals surface area contributed by atoms with Crippen LogP contribution in [0.25, 0.3) is 0 Å². The SMILES string of the molecule is Cc1nnn(CC(=O)NC2CN(c3nnc(CO)s3)CC2(C)C)n1. The topological polar surface area (TPSA) is 122 Å². The Balaban J connectivity index is 1.63. The second-order valence-electron chi connectivity index (χ2n) is 6.49. The Morgan fingerprint density at radius 1 is 1.42 bits per heavy atom. The van der Waals surface area contributed by atoms with Gasteiger partial charge in [-0.05, 0) is 12.1 Å². The second kappa shape index (κ2) is 6.40. The van der Waals surface area contributed by atoms with Crippen LogP contribution in [0.15, 0.2) is 0 Å². The lowest BCUT2D eigenvalue weighted by atomic mass is 9.88. The number of nitrogens with zero attached hydrogens (tertiary/aromatic N) is 7. The summed E-state index contributed by atoms with van der Waals surface area (Å²) in [4.78, 5) is 15.6. The molecule has 1 saturated heterocycles. The number of hydrogen-bond acceptors (Lipinski definition) is 9. The standard InChI is InChI=1S/C13H20N8O2S/c1-8-15-19-21(18-8)5-10(23)14-9-4-20(7-13(9,2)3)12-17-16-11(6-22)24-12/h9,22H,4-7H2,1-3H3,(H,14,23). The molecule has 0 saturated carbocycles. The molecule has 3 heterocycles. The Labute approximate surface area is 142 Å². The maximum Gasteiger partial charge on any atom is 0.243 e. The van der Waals surface area contributed by atoms with Gasteiger partial charge in [0.15, 0.2) is 5.82 Å². The number of nitrogens with one attached hydrogen (secondary N) is 1. The average Bonchev–Trinajstić information content (AvgIpc) is 3.19. The minimum absolute atomic E-state index is 0.0314. The Morgan fingerprint density at radius 3 is 2.83 bits per heavy atom. The van der Waals surface area contributed by atoms with Crippen LogP contribution in [0.2, 0.25) is 0 Å². The van der Waals surface area contributed by atoms with Crippen molar-refractivity contribution in [3.05, 3.63) is 10.8 Å². The van der Waals surface area contributed by atoms with E-state index < -0.39 is 0 Å². The van der Waals surface area contributed by atoms with Crippen LogP contribution in [0.1, 0.15) is 24.7 Å². The van der Waals surface area contributed by atoms with Gasteiger partial charge in [-0.3, -0.25) is 4.79 Å². The highest BCUT2D eigenvalue weighted by Crippen LogP contribution is 2.34. The Morgan fingerprint density at radius 2 is 2.21 bits per heavy atom. The average molecular weight is 352 g/mol. The first kappa shape index (κ1) is 16.7. The summed E-state index contributed by atoms with van der Waals surface area (Å²) in [6, 6.07) is -0.0314. The summed E-state index contributed by atoms with van der Waals surface area (Å²) >= 11 is 1.37. The number of amides is 1. The van der Waals surface area contributed by atoms with Crippen molar-refractivity contribution in [1.82, 2.24) is 35.7 Å². The molecular weight excluding hydrogens is 332 g/mol. The fraction of sp³-hybridized carbons (Fsp3) is 0.692. The molecule has 1 atom stereocenters. The smallest absolute Gasteiger partial charge is 0.243 e. The van der Waals surface area contributed by atoms with Gasteiger partial charge in [0.2, 0.25) is 11.0 Å². The molecule has 2 N–H and O–H groups in total. The highest BCUT2D eigenvalue weighted by atomic mass is 32.1. The van der Waals surface area contributed by atoms with Crippen molar-refractivity contribution in [1.29, 1.82) is 0 Å². The summed E-state index contributed by atoms with van der Waals surface area (Å²) in [6.07, 6.45) is 0. The number of carbonyl (C=O) groups is 1. The van der Waals surface area contributed by atoms with Gasteiger partial charge in [-0.1, -0.05) is 25.2 Å². The third-order valence-electron chi connectivity index (χ3n) is 3.98. The number of anilines is 1. The molecular formula is C13H20N8O2S. The number of aryl methyl sites for hydroxylation is 1. The summed E-state index contributed by atoms with van der Waals surface area (Å²) in [7, 11) is 0. The quantitative estimate of drug-likeness (QED) is 0.728. The molecule has 1 amide bonds. The molecule has 0 spiro atoms. The minimum atomic E-state index is -0.152. The van der Waals surface area contributed by atoms with Gasteiger partial charge in [0.25, 0.3) is 0 Å². The molecule has 0 bridgehead atoms. The van der Waals surface area contributed by atoms with E-state index in [1.807, 2.05) is 0 Å². The van der Waals surface area contributed by atoms with E-state index in [0.717, 1.165) is 11.7 Å². The molecule has 24 heavy (non-hydrogen) atoms. The van der Waals surface area contributed by atoms with Gasteiger partial charge in [-0.2, -0.15) is 4.80 Å². The molecule has 130 valence electrons. The maximum absolute atomic E-state index is 12.2. The van der Waals surface area contributed by atoms with Gasteiger partial charge >= 0.3 is 0 Å². The molecule has 1 fully saturated rings. The monoisotopic (exact) mass is 352 g/mol. The van der Waals surface area contributed by atoms with Gasteiger partial charge in [-0.25, -0.2) is 0 Å². The summed E-state index contributed by atoms with van der Waals surface area (Å²) in [5.41, 5.74) is -0.119.